The van der Waals surface area contributed by atoms with E-state index in [1.165, 1.54) is 39.9 Å². The Kier molecular flexibility index (Phi) is 6.43. The average Bonchev–Trinajstić information content (AvgIpc) is 3.47. The summed E-state index contributed by atoms with van der Waals surface area (Å²) in [6.45, 7) is 0. The van der Waals surface area contributed by atoms with Gasteiger partial charge in [-0.3, -0.25) is 9.78 Å². The monoisotopic (exact) mass is 696 g/mol. The van der Waals surface area contributed by atoms with Crippen molar-refractivity contribution in [1.82, 2.24) is 9.97 Å². The number of benzene rings is 4. The van der Waals surface area contributed by atoms with Gasteiger partial charge in [0.05, 0.1) is 5.52 Å². The first kappa shape index (κ1) is 25.5. The van der Waals surface area contributed by atoms with Crippen LogP contribution in [0.2, 0.25) is 0 Å². The number of carboxylic acids is 1. The van der Waals surface area contributed by atoms with Gasteiger partial charge >= 0.3 is 5.97 Å². The standard InChI is InChI=1S/C28H14NO.C6H5NO2.Ir/c30-28-21-10-4-3-9-18(21)20-11-5-13-22(27(20)28)25-15-23-17-8-2-1-7-16(17)19-12-6-14-24(29-25)26(19)23;8-6(9)5-3-1-2-4-7-5;/h1-12,14-15H;1-4H,(H,8,9);/q-1;;. The Labute approximate surface area is 243 Å². The Morgan fingerprint density at radius 3 is 2.02 bits per heavy atom. The summed E-state index contributed by atoms with van der Waals surface area (Å²) >= 11 is 0. The molecule has 0 atom stereocenters. The van der Waals surface area contributed by atoms with Gasteiger partial charge in [-0.25, -0.2) is 9.78 Å². The Bertz CT molecular complexity index is 1970. The molecule has 2 aliphatic rings. The molecule has 0 bridgehead atoms. The maximum atomic E-state index is 13.3. The topological polar surface area (TPSA) is 80.1 Å². The van der Waals surface area contributed by atoms with Crippen molar-refractivity contribution in [2.24, 2.45) is 0 Å². The smallest absolute Gasteiger partial charge is 0.354 e. The predicted molar refractivity (Wildman–Crippen MR) is 151 cm³/mol. The van der Waals surface area contributed by atoms with Gasteiger partial charge in [-0.1, -0.05) is 83.9 Å². The molecule has 0 unspecified atom stereocenters. The molecule has 1 radical (unpaired) electrons. The minimum atomic E-state index is -0.990. The SMILES string of the molecule is O=C(O)c1ccccn1.O=C1c2ccccc2-c2cc[c-]c(-c3cc4c5c(cccc5n3)-c3ccccc3-4)c21.[Ir]. The number of fused-ring (bicyclic) bond motifs is 6. The normalized spacial score (nSPS) is 11.6. The molecule has 0 saturated heterocycles. The molecule has 0 fully saturated rings. The number of aromatic nitrogens is 2. The Morgan fingerprint density at radius 1 is 0.700 bits per heavy atom. The number of pyridine rings is 2. The number of hydrogen-bond donors (Lipinski definition) is 1. The molecule has 0 aliphatic heterocycles. The fraction of sp³-hybridized carbons (Fsp3) is 0. The zero-order valence-corrected chi connectivity index (χ0v) is 23.3. The van der Waals surface area contributed by atoms with Crippen LogP contribution in [0, 0.1) is 6.07 Å². The number of ketones is 1. The molecular formula is C34H19IrN2O3-. The molecule has 6 heteroatoms. The minimum Gasteiger partial charge on any atom is -0.477 e. The molecule has 40 heavy (non-hydrogen) atoms. The summed E-state index contributed by atoms with van der Waals surface area (Å²) in [5.74, 6) is -0.935. The van der Waals surface area contributed by atoms with Gasteiger partial charge in [-0.2, -0.15) is 0 Å². The van der Waals surface area contributed by atoms with Crippen LogP contribution >= 0.6 is 0 Å². The van der Waals surface area contributed by atoms with Crippen LogP contribution in [0.5, 0.6) is 0 Å². The number of carbonyl (C=O) groups excluding carboxylic acids is 1. The molecule has 0 saturated carbocycles. The van der Waals surface area contributed by atoms with Crippen LogP contribution in [0.1, 0.15) is 26.4 Å². The first-order chi connectivity index (χ1) is 19.1. The van der Waals surface area contributed by atoms with Gasteiger partial charge in [0.2, 0.25) is 0 Å². The molecule has 0 spiro atoms. The Balaban J connectivity index is 0.000000250. The minimum absolute atomic E-state index is 0. The van der Waals surface area contributed by atoms with Crippen molar-refractivity contribution >= 4 is 22.7 Å². The number of carboxylic acid groups (broad SMARTS) is 1. The van der Waals surface area contributed by atoms with E-state index in [0.717, 1.165) is 33.5 Å². The molecule has 6 aromatic rings. The molecule has 8 rings (SSSR count). The summed E-state index contributed by atoms with van der Waals surface area (Å²) in [5, 5.41) is 9.51. The third kappa shape index (κ3) is 3.97. The second-order valence-electron chi connectivity index (χ2n) is 9.34. The van der Waals surface area contributed by atoms with E-state index in [0.29, 0.717) is 5.56 Å². The number of hydrogen-bond acceptors (Lipinski definition) is 4. The summed E-state index contributed by atoms with van der Waals surface area (Å²) < 4.78 is 0. The average molecular weight is 696 g/mol. The molecule has 2 aromatic heterocycles. The van der Waals surface area contributed by atoms with E-state index in [4.69, 9.17) is 10.1 Å². The van der Waals surface area contributed by atoms with Crippen LogP contribution in [-0.4, -0.2) is 26.8 Å². The van der Waals surface area contributed by atoms with Crippen LogP contribution in [0.3, 0.4) is 0 Å². The van der Waals surface area contributed by atoms with Crippen LogP contribution in [0.15, 0.2) is 109 Å². The molecule has 193 valence electrons. The maximum absolute atomic E-state index is 13.3. The van der Waals surface area contributed by atoms with E-state index >= 15 is 0 Å². The summed E-state index contributed by atoms with van der Waals surface area (Å²) in [6, 6.07) is 36.6. The van der Waals surface area contributed by atoms with Gasteiger partial charge < -0.3 is 5.11 Å². The predicted octanol–water partition coefficient (Wildman–Crippen LogP) is 7.34. The van der Waals surface area contributed by atoms with Crippen LogP contribution < -0.4 is 0 Å². The van der Waals surface area contributed by atoms with Crippen LogP contribution in [0.25, 0.3) is 55.5 Å². The third-order valence-corrected chi connectivity index (χ3v) is 7.17. The van der Waals surface area contributed by atoms with Crippen molar-refractivity contribution < 1.29 is 34.8 Å². The van der Waals surface area contributed by atoms with E-state index in [-0.39, 0.29) is 31.6 Å². The van der Waals surface area contributed by atoms with E-state index in [9.17, 15) is 9.59 Å². The largest absolute Gasteiger partial charge is 0.477 e. The van der Waals surface area contributed by atoms with Crippen molar-refractivity contribution in [3.05, 3.63) is 132 Å². The van der Waals surface area contributed by atoms with Gasteiger partial charge in [0, 0.05) is 37.3 Å². The maximum Gasteiger partial charge on any atom is 0.354 e. The van der Waals surface area contributed by atoms with E-state index in [1.807, 2.05) is 36.4 Å². The molecule has 2 aliphatic carbocycles. The van der Waals surface area contributed by atoms with Crippen molar-refractivity contribution in [3.63, 3.8) is 0 Å². The molecular weight excluding hydrogens is 677 g/mol. The number of aromatic carboxylic acids is 1. The summed E-state index contributed by atoms with van der Waals surface area (Å²) in [6.07, 6.45) is 1.45. The van der Waals surface area contributed by atoms with Crippen molar-refractivity contribution in [1.29, 1.82) is 0 Å². The van der Waals surface area contributed by atoms with Gasteiger partial charge in [0.25, 0.3) is 0 Å². The Morgan fingerprint density at radius 2 is 1.35 bits per heavy atom. The van der Waals surface area contributed by atoms with Gasteiger partial charge in [-0.05, 0) is 51.7 Å². The summed E-state index contributed by atoms with van der Waals surface area (Å²) in [5.41, 5.74) is 10.9. The number of rotatable bonds is 2. The summed E-state index contributed by atoms with van der Waals surface area (Å²) in [7, 11) is 0. The van der Waals surface area contributed by atoms with Gasteiger partial charge in [0.1, 0.15) is 5.69 Å². The van der Waals surface area contributed by atoms with Crippen LogP contribution in [0.4, 0.5) is 0 Å². The number of nitrogens with zero attached hydrogens (tertiary/aromatic N) is 2. The zero-order chi connectivity index (χ0) is 26.5. The first-order valence-corrected chi connectivity index (χ1v) is 12.5. The third-order valence-electron chi connectivity index (χ3n) is 7.17. The molecule has 0 amide bonds. The van der Waals surface area contributed by atoms with E-state index in [1.54, 1.807) is 12.1 Å². The quantitative estimate of drug-likeness (QED) is 0.192. The molecule has 5 nitrogen and oxygen atoms in total. The fourth-order valence-corrected chi connectivity index (χ4v) is 5.51. The molecule has 1 N–H and O–H groups in total. The fourth-order valence-electron chi connectivity index (χ4n) is 5.51. The molecule has 2 heterocycles. The zero-order valence-electron chi connectivity index (χ0n) is 20.9. The molecule has 4 aromatic carbocycles. The van der Waals surface area contributed by atoms with E-state index < -0.39 is 5.97 Å². The van der Waals surface area contributed by atoms with Gasteiger partial charge in [0.15, 0.2) is 5.78 Å². The van der Waals surface area contributed by atoms with E-state index in [2.05, 4.69) is 59.6 Å². The Hall–Kier alpha value is -4.77. The second-order valence-corrected chi connectivity index (χ2v) is 9.34. The van der Waals surface area contributed by atoms with Crippen LogP contribution in [-0.2, 0) is 20.1 Å². The van der Waals surface area contributed by atoms with Crippen molar-refractivity contribution in [3.8, 4) is 44.6 Å². The summed E-state index contributed by atoms with van der Waals surface area (Å²) in [4.78, 5) is 32.0. The second kappa shape index (κ2) is 10.1. The first-order valence-electron chi connectivity index (χ1n) is 12.5. The van der Waals surface area contributed by atoms with Crippen molar-refractivity contribution in [2.75, 3.05) is 0 Å². The van der Waals surface area contributed by atoms with Gasteiger partial charge in [-0.15, -0.1) is 23.8 Å². The number of carbonyl (C=O) groups is 2. The van der Waals surface area contributed by atoms with Crippen molar-refractivity contribution in [2.45, 2.75) is 0 Å².